The van der Waals surface area contributed by atoms with Gasteiger partial charge in [-0.25, -0.2) is 13.2 Å². The van der Waals surface area contributed by atoms with Crippen molar-refractivity contribution in [2.75, 3.05) is 6.61 Å². The van der Waals surface area contributed by atoms with Crippen molar-refractivity contribution in [2.24, 2.45) is 4.99 Å². The monoisotopic (exact) mass is 440 g/mol. The molecule has 10 heteroatoms. The molecule has 0 unspecified atom stereocenters. The van der Waals surface area contributed by atoms with E-state index in [0.717, 1.165) is 0 Å². The Labute approximate surface area is 171 Å². The number of carbonyl (C=O) groups is 2. The number of hydrogen-bond donors (Lipinski definition) is 1. The number of Topliss-reactive ketones (excluding diaryl/α,β-unsaturated/α-hetero) is 1. The molecule has 1 atom stereocenters. The quantitative estimate of drug-likeness (QED) is 0.568. The van der Waals surface area contributed by atoms with Crippen LogP contribution in [0.1, 0.15) is 22.8 Å². The second-order valence-corrected chi connectivity index (χ2v) is 8.40. The minimum atomic E-state index is -3.71. The average Bonchev–Trinajstić information content (AvgIpc) is 2.90. The smallest absolute Gasteiger partial charge is 0.331 e. The highest BCUT2D eigenvalue weighted by Gasteiger charge is 2.31. The van der Waals surface area contributed by atoms with Crippen molar-refractivity contribution in [3.63, 3.8) is 0 Å². The van der Waals surface area contributed by atoms with Crippen LogP contribution in [-0.4, -0.2) is 38.7 Å². The van der Waals surface area contributed by atoms with E-state index in [4.69, 9.17) is 27.9 Å². The minimum Gasteiger partial charge on any atom is -0.456 e. The molecule has 1 N–H and O–H groups in total. The number of nitrogens with one attached hydrogen (secondary N) is 1. The van der Waals surface area contributed by atoms with Crippen molar-refractivity contribution in [2.45, 2.75) is 17.9 Å². The Balaban J connectivity index is 1.69. The summed E-state index contributed by atoms with van der Waals surface area (Å²) < 4.78 is 31.4. The van der Waals surface area contributed by atoms with Gasteiger partial charge in [-0.05, 0) is 37.3 Å². The van der Waals surface area contributed by atoms with E-state index in [9.17, 15) is 18.0 Å². The molecule has 0 radical (unpaired) electrons. The van der Waals surface area contributed by atoms with Crippen LogP contribution >= 0.6 is 23.2 Å². The van der Waals surface area contributed by atoms with Gasteiger partial charge in [-0.3, -0.25) is 14.5 Å². The third-order valence-electron chi connectivity index (χ3n) is 3.90. The van der Waals surface area contributed by atoms with E-state index in [1.165, 1.54) is 31.2 Å². The molecule has 1 heterocycles. The summed E-state index contributed by atoms with van der Waals surface area (Å²) in [5.41, 5.74) is 0.543. The number of fused-ring (bicyclic) bond motifs is 1. The summed E-state index contributed by atoms with van der Waals surface area (Å²) >= 11 is 11.7. The van der Waals surface area contributed by atoms with Gasteiger partial charge in [0.1, 0.15) is 11.9 Å². The van der Waals surface area contributed by atoms with Crippen molar-refractivity contribution in [3.05, 3.63) is 63.6 Å². The van der Waals surface area contributed by atoms with Crippen molar-refractivity contribution < 1.29 is 22.7 Å². The van der Waals surface area contributed by atoms with Gasteiger partial charge < -0.3 is 4.74 Å². The van der Waals surface area contributed by atoms with Gasteiger partial charge in [0.15, 0.2) is 6.61 Å². The molecule has 0 bridgehead atoms. The molecule has 3 rings (SSSR count). The largest absolute Gasteiger partial charge is 0.456 e. The van der Waals surface area contributed by atoms with E-state index in [-0.39, 0.29) is 21.3 Å². The van der Waals surface area contributed by atoms with Gasteiger partial charge in [0.2, 0.25) is 5.78 Å². The zero-order valence-corrected chi connectivity index (χ0v) is 16.8. The maximum Gasteiger partial charge on any atom is 0.331 e. The zero-order chi connectivity index (χ0) is 20.5. The molecule has 28 heavy (non-hydrogen) atoms. The van der Waals surface area contributed by atoms with Gasteiger partial charge in [-0.2, -0.15) is 0 Å². The first kappa shape index (κ1) is 20.3. The lowest BCUT2D eigenvalue weighted by Crippen LogP contribution is -2.27. The van der Waals surface area contributed by atoms with E-state index in [1.807, 2.05) is 0 Å². The fourth-order valence-electron chi connectivity index (χ4n) is 2.53. The molecule has 7 nitrogen and oxygen atoms in total. The van der Waals surface area contributed by atoms with E-state index in [1.54, 1.807) is 18.2 Å². The second kappa shape index (κ2) is 7.90. The Morgan fingerprint density at radius 1 is 1.18 bits per heavy atom. The summed E-state index contributed by atoms with van der Waals surface area (Å²) in [6.07, 6.45) is 0. The van der Waals surface area contributed by atoms with Crippen LogP contribution in [0.4, 0.5) is 0 Å². The molecule has 146 valence electrons. The molecule has 0 saturated heterocycles. The number of hydrogen-bond acceptors (Lipinski definition) is 6. The normalized spacial score (nSPS) is 16.9. The van der Waals surface area contributed by atoms with E-state index < -0.39 is 34.4 Å². The number of rotatable bonds is 5. The van der Waals surface area contributed by atoms with E-state index in [2.05, 4.69) is 9.71 Å². The Bertz CT molecular complexity index is 1100. The maximum atomic E-state index is 12.2. The van der Waals surface area contributed by atoms with E-state index in [0.29, 0.717) is 10.6 Å². The number of nitrogens with zero attached hydrogens (tertiary/aromatic N) is 1. The van der Waals surface area contributed by atoms with Crippen LogP contribution in [0.25, 0.3) is 0 Å². The first-order chi connectivity index (χ1) is 13.2. The summed E-state index contributed by atoms with van der Waals surface area (Å²) in [5, 5.41) is 0.529. The number of carbonyl (C=O) groups excluding carboxylic acids is 2. The van der Waals surface area contributed by atoms with Crippen molar-refractivity contribution in [1.29, 1.82) is 0 Å². The van der Waals surface area contributed by atoms with Crippen LogP contribution in [0.3, 0.4) is 0 Å². The third-order valence-corrected chi connectivity index (χ3v) is 5.85. The fraction of sp³-hybridized carbons (Fsp3) is 0.167. The van der Waals surface area contributed by atoms with E-state index >= 15 is 0 Å². The number of halogens is 2. The summed E-state index contributed by atoms with van der Waals surface area (Å²) in [6.45, 7) is 0.905. The number of benzene rings is 2. The Kier molecular flexibility index (Phi) is 5.74. The second-order valence-electron chi connectivity index (χ2n) is 5.91. The topological polar surface area (TPSA) is 102 Å². The summed E-state index contributed by atoms with van der Waals surface area (Å²) in [7, 11) is -3.71. The van der Waals surface area contributed by atoms with Crippen LogP contribution in [-0.2, 0) is 19.6 Å². The number of amidine groups is 1. The van der Waals surface area contributed by atoms with Crippen molar-refractivity contribution in [3.8, 4) is 0 Å². The first-order valence-corrected chi connectivity index (χ1v) is 10.3. The highest BCUT2D eigenvalue weighted by atomic mass is 35.5. The van der Waals surface area contributed by atoms with Gasteiger partial charge in [0.25, 0.3) is 10.0 Å². The average molecular weight is 441 g/mol. The zero-order valence-electron chi connectivity index (χ0n) is 14.5. The molecule has 2 aromatic rings. The van der Waals surface area contributed by atoms with Gasteiger partial charge in [0, 0.05) is 16.1 Å². The summed E-state index contributed by atoms with van der Waals surface area (Å²) in [4.78, 5) is 28.5. The lowest BCUT2D eigenvalue weighted by Gasteiger charge is -2.09. The van der Waals surface area contributed by atoms with Crippen molar-refractivity contribution in [1.82, 2.24) is 4.72 Å². The molecule has 0 fully saturated rings. The Hall–Kier alpha value is -2.42. The molecule has 1 aliphatic heterocycles. The predicted molar refractivity (Wildman–Crippen MR) is 105 cm³/mol. The third kappa shape index (κ3) is 4.19. The molecule has 1 aliphatic rings. The molecule has 2 aromatic carbocycles. The van der Waals surface area contributed by atoms with Crippen LogP contribution in [0.5, 0.6) is 0 Å². The summed E-state index contributed by atoms with van der Waals surface area (Å²) in [5.74, 6) is -1.23. The van der Waals surface area contributed by atoms with Crippen molar-refractivity contribution >= 4 is 50.8 Å². The molecule has 0 saturated carbocycles. The van der Waals surface area contributed by atoms with Gasteiger partial charge in [0.05, 0.1) is 9.92 Å². The fourth-order valence-corrected chi connectivity index (χ4v) is 4.28. The van der Waals surface area contributed by atoms with Crippen LogP contribution in [0.2, 0.25) is 10.0 Å². The predicted octanol–water partition coefficient (Wildman–Crippen LogP) is 2.85. The minimum absolute atomic E-state index is 0.0483. The number of sulfonamides is 1. The SMILES string of the molecule is C[C@@H](N=C1NS(=O)(=O)c2ccccc21)C(=O)OCC(=O)c1ccc(Cl)cc1Cl. The van der Waals surface area contributed by atoms with Gasteiger partial charge in [-0.1, -0.05) is 35.3 Å². The molecular formula is C18H14Cl2N2O5S. The maximum absolute atomic E-state index is 12.2. The van der Waals surface area contributed by atoms with Crippen LogP contribution in [0.15, 0.2) is 52.4 Å². The highest BCUT2D eigenvalue weighted by molar-refractivity contribution is 7.90. The first-order valence-electron chi connectivity index (χ1n) is 8.04. The number of ether oxygens (including phenoxy) is 1. The number of aliphatic imine (C=N–C) groups is 1. The lowest BCUT2D eigenvalue weighted by molar-refractivity contribution is -0.143. The molecular weight excluding hydrogens is 427 g/mol. The standard InChI is InChI=1S/C18H14Cl2N2O5S/c1-10(21-17-13-4-2-3-5-16(13)28(25,26)22-17)18(24)27-9-15(23)12-7-6-11(19)8-14(12)20/h2-8,10H,9H2,1H3,(H,21,22)/t10-/m1/s1. The van der Waals surface area contributed by atoms with Gasteiger partial charge in [-0.15, -0.1) is 0 Å². The van der Waals surface area contributed by atoms with Crippen LogP contribution in [0, 0.1) is 0 Å². The van der Waals surface area contributed by atoms with Crippen LogP contribution < -0.4 is 4.72 Å². The highest BCUT2D eigenvalue weighted by Crippen LogP contribution is 2.23. The lowest BCUT2D eigenvalue weighted by atomic mass is 10.1. The Morgan fingerprint density at radius 2 is 1.89 bits per heavy atom. The Morgan fingerprint density at radius 3 is 2.61 bits per heavy atom. The number of ketones is 1. The molecule has 0 amide bonds. The molecule has 0 aliphatic carbocycles. The van der Waals surface area contributed by atoms with Gasteiger partial charge >= 0.3 is 5.97 Å². The molecule has 0 spiro atoms. The number of esters is 1. The summed E-state index contributed by atoms with van der Waals surface area (Å²) in [6, 6.07) is 9.59. The molecule has 0 aromatic heterocycles.